The summed E-state index contributed by atoms with van der Waals surface area (Å²) in [6.45, 7) is 8.85. The van der Waals surface area contributed by atoms with Crippen LogP contribution in [0.15, 0.2) is 12.8 Å². The molecule has 1 saturated heterocycles. The van der Waals surface area contributed by atoms with Crippen LogP contribution in [0.1, 0.15) is 19.8 Å². The number of nitrogens with zero attached hydrogens (tertiary/aromatic N) is 1. The maximum atomic E-state index is 5.07. The maximum Gasteiger partial charge on any atom is 0.0999 e. The van der Waals surface area contributed by atoms with Crippen molar-refractivity contribution in [3.8, 4) is 0 Å². The lowest BCUT2D eigenvalue weighted by Gasteiger charge is -2.19. The number of hydrogen-bond donors (Lipinski definition) is 0. The molecule has 1 heterocycles. The van der Waals surface area contributed by atoms with Gasteiger partial charge in [0.1, 0.15) is 0 Å². The Morgan fingerprint density at radius 1 is 1.73 bits per heavy atom. The molecule has 1 aliphatic heterocycles. The minimum atomic E-state index is 0.753. The molecule has 64 valence electrons. The first kappa shape index (κ1) is 8.60. The lowest BCUT2D eigenvalue weighted by molar-refractivity contribution is 0.174. The fourth-order valence-electron chi connectivity index (χ4n) is 1.58. The molecule has 1 unspecified atom stereocenters. The normalized spacial score (nSPS) is 25.4. The van der Waals surface area contributed by atoms with Gasteiger partial charge in [-0.15, -0.1) is 0 Å². The molecule has 0 saturated carbocycles. The van der Waals surface area contributed by atoms with E-state index < -0.39 is 0 Å². The zero-order valence-electron chi connectivity index (χ0n) is 7.25. The number of likely N-dealkylation sites (tertiary alicyclic amines) is 1. The van der Waals surface area contributed by atoms with Crippen LogP contribution in [0, 0.1) is 0 Å². The van der Waals surface area contributed by atoms with Crippen molar-refractivity contribution in [2.24, 2.45) is 0 Å². The predicted molar refractivity (Wildman–Crippen MR) is 46.4 cm³/mol. The Balaban J connectivity index is 2.10. The summed E-state index contributed by atoms with van der Waals surface area (Å²) < 4.78 is 5.07. The van der Waals surface area contributed by atoms with Gasteiger partial charge in [-0.2, -0.15) is 0 Å². The quantitative estimate of drug-likeness (QED) is 0.452. The summed E-state index contributed by atoms with van der Waals surface area (Å²) in [5, 5.41) is 0. The highest BCUT2D eigenvalue weighted by atomic mass is 16.5. The molecule has 0 N–H and O–H groups in total. The molecule has 1 rings (SSSR count). The summed E-state index contributed by atoms with van der Waals surface area (Å²) in [7, 11) is 0. The van der Waals surface area contributed by atoms with Crippen LogP contribution in [0.4, 0.5) is 0 Å². The van der Waals surface area contributed by atoms with Crippen molar-refractivity contribution in [3.05, 3.63) is 12.8 Å². The Labute approximate surface area is 68.8 Å². The summed E-state index contributed by atoms with van der Waals surface area (Å²) in [5.74, 6) is 0. The van der Waals surface area contributed by atoms with Crippen LogP contribution < -0.4 is 0 Å². The molecule has 2 nitrogen and oxygen atoms in total. The zero-order valence-corrected chi connectivity index (χ0v) is 7.25. The van der Waals surface area contributed by atoms with Crippen molar-refractivity contribution < 1.29 is 4.74 Å². The fraction of sp³-hybridized carbons (Fsp3) is 0.778. The van der Waals surface area contributed by atoms with E-state index >= 15 is 0 Å². The Morgan fingerprint density at radius 3 is 3.09 bits per heavy atom. The van der Waals surface area contributed by atoms with Gasteiger partial charge in [-0.25, -0.2) is 0 Å². The first-order chi connectivity index (χ1) is 5.34. The molecule has 0 aromatic rings. The minimum Gasteiger partial charge on any atom is -0.500 e. The van der Waals surface area contributed by atoms with Gasteiger partial charge in [0.15, 0.2) is 0 Å². The van der Waals surface area contributed by atoms with Crippen LogP contribution in [0.25, 0.3) is 0 Å². The lowest BCUT2D eigenvalue weighted by atomic mass is 10.2. The molecule has 0 aromatic carbocycles. The van der Waals surface area contributed by atoms with Crippen LogP contribution in [0.3, 0.4) is 0 Å². The highest BCUT2D eigenvalue weighted by Crippen LogP contribution is 2.15. The summed E-state index contributed by atoms with van der Waals surface area (Å²) in [4.78, 5) is 2.46. The molecular weight excluding hydrogens is 138 g/mol. The molecule has 1 atom stereocenters. The van der Waals surface area contributed by atoms with Crippen LogP contribution in [0.5, 0.6) is 0 Å². The van der Waals surface area contributed by atoms with Crippen molar-refractivity contribution in [2.75, 3.05) is 19.7 Å². The molecule has 0 amide bonds. The van der Waals surface area contributed by atoms with E-state index in [-0.39, 0.29) is 0 Å². The number of ether oxygens (including phenoxy) is 1. The smallest absolute Gasteiger partial charge is 0.0999 e. The summed E-state index contributed by atoms with van der Waals surface area (Å²) in [5.41, 5.74) is 0. The molecule has 0 spiro atoms. The van der Waals surface area contributed by atoms with Gasteiger partial charge in [0.25, 0.3) is 0 Å². The van der Waals surface area contributed by atoms with Crippen molar-refractivity contribution in [1.82, 2.24) is 4.90 Å². The average molecular weight is 155 g/mol. The van der Waals surface area contributed by atoms with Crippen molar-refractivity contribution in [1.29, 1.82) is 0 Å². The van der Waals surface area contributed by atoms with Crippen LogP contribution in [0.2, 0.25) is 0 Å². The maximum absolute atomic E-state index is 5.07. The fourth-order valence-corrected chi connectivity index (χ4v) is 1.58. The number of rotatable bonds is 4. The lowest BCUT2D eigenvalue weighted by Crippen LogP contribution is -2.29. The third-order valence-corrected chi connectivity index (χ3v) is 2.30. The Kier molecular flexibility index (Phi) is 3.43. The summed E-state index contributed by atoms with van der Waals surface area (Å²) in [6.07, 6.45) is 4.20. The van der Waals surface area contributed by atoms with Gasteiger partial charge < -0.3 is 4.74 Å². The molecule has 0 radical (unpaired) electrons. The third-order valence-electron chi connectivity index (χ3n) is 2.30. The second-order valence-electron chi connectivity index (χ2n) is 3.06. The third kappa shape index (κ3) is 2.54. The van der Waals surface area contributed by atoms with Crippen molar-refractivity contribution >= 4 is 0 Å². The Bertz CT molecular complexity index is 125. The van der Waals surface area contributed by atoms with Gasteiger partial charge in [0.2, 0.25) is 0 Å². The van der Waals surface area contributed by atoms with Crippen LogP contribution >= 0.6 is 0 Å². The second-order valence-corrected chi connectivity index (χ2v) is 3.06. The topological polar surface area (TPSA) is 12.5 Å². The van der Waals surface area contributed by atoms with E-state index in [2.05, 4.69) is 18.4 Å². The molecular formula is C9H17NO. The van der Waals surface area contributed by atoms with Gasteiger partial charge in [-0.3, -0.25) is 4.90 Å². The largest absolute Gasteiger partial charge is 0.500 e. The van der Waals surface area contributed by atoms with Crippen LogP contribution in [-0.4, -0.2) is 30.6 Å². The Hall–Kier alpha value is -0.500. The van der Waals surface area contributed by atoms with Crippen molar-refractivity contribution in [3.63, 3.8) is 0 Å². The van der Waals surface area contributed by atoms with Gasteiger partial charge >= 0.3 is 0 Å². The van der Waals surface area contributed by atoms with Gasteiger partial charge in [-0.05, 0) is 26.3 Å². The first-order valence-corrected chi connectivity index (χ1v) is 4.31. The van der Waals surface area contributed by atoms with E-state index in [0.717, 1.165) is 19.2 Å². The van der Waals surface area contributed by atoms with E-state index in [4.69, 9.17) is 4.74 Å². The molecule has 2 heteroatoms. The monoisotopic (exact) mass is 155 g/mol. The standard InChI is InChI=1S/C9H17NO/c1-3-11-8-7-10-6-4-5-9(10)2/h3,9H,1,4-8H2,2H3. The van der Waals surface area contributed by atoms with Gasteiger partial charge in [-0.1, -0.05) is 6.58 Å². The molecule has 0 aromatic heterocycles. The van der Waals surface area contributed by atoms with E-state index in [1.807, 2.05) is 0 Å². The van der Waals surface area contributed by atoms with E-state index in [1.54, 1.807) is 0 Å². The number of hydrogen-bond acceptors (Lipinski definition) is 2. The summed E-state index contributed by atoms with van der Waals surface area (Å²) >= 11 is 0. The molecule has 0 bridgehead atoms. The zero-order chi connectivity index (χ0) is 8.10. The highest BCUT2D eigenvalue weighted by molar-refractivity contribution is 4.74. The van der Waals surface area contributed by atoms with E-state index in [0.29, 0.717) is 0 Å². The Morgan fingerprint density at radius 2 is 2.55 bits per heavy atom. The highest BCUT2D eigenvalue weighted by Gasteiger charge is 2.18. The molecule has 11 heavy (non-hydrogen) atoms. The molecule has 1 fully saturated rings. The first-order valence-electron chi connectivity index (χ1n) is 4.31. The minimum absolute atomic E-state index is 0.753. The average Bonchev–Trinajstić information content (AvgIpc) is 2.37. The van der Waals surface area contributed by atoms with E-state index in [1.165, 1.54) is 25.6 Å². The van der Waals surface area contributed by atoms with E-state index in [9.17, 15) is 0 Å². The van der Waals surface area contributed by atoms with Gasteiger partial charge in [0.05, 0.1) is 12.9 Å². The van der Waals surface area contributed by atoms with Crippen molar-refractivity contribution in [2.45, 2.75) is 25.8 Å². The second kappa shape index (κ2) is 4.39. The molecule has 0 aliphatic carbocycles. The predicted octanol–water partition coefficient (Wildman–Crippen LogP) is 1.63. The van der Waals surface area contributed by atoms with Crippen LogP contribution in [-0.2, 0) is 4.74 Å². The SMILES string of the molecule is C=COCCN1CCCC1C. The molecule has 1 aliphatic rings. The summed E-state index contributed by atoms with van der Waals surface area (Å²) in [6, 6.07) is 0.753. The van der Waals surface area contributed by atoms with Gasteiger partial charge in [0, 0.05) is 12.6 Å².